The maximum absolute atomic E-state index is 9.87. The standard InChI is InChI=1S/C14H10O.Y/c15-14-9-10-5-1-2-6-11(10)12-7-3-4-8-13(12)14;/h1-9,15H;. The van der Waals surface area contributed by atoms with E-state index in [9.17, 15) is 5.11 Å². The molecule has 75 valence electrons. The molecule has 0 aromatic heterocycles. The van der Waals surface area contributed by atoms with Gasteiger partial charge in [0.25, 0.3) is 0 Å². The molecule has 1 nitrogen and oxygen atoms in total. The molecule has 0 aliphatic heterocycles. The Morgan fingerprint density at radius 2 is 1.25 bits per heavy atom. The summed E-state index contributed by atoms with van der Waals surface area (Å²) in [6, 6.07) is 17.8. The largest absolute Gasteiger partial charge is 0.507 e. The van der Waals surface area contributed by atoms with Crippen LogP contribution in [0.1, 0.15) is 0 Å². The first-order chi connectivity index (χ1) is 7.36. The fourth-order valence-corrected chi connectivity index (χ4v) is 2.03. The predicted molar refractivity (Wildman–Crippen MR) is 63.1 cm³/mol. The van der Waals surface area contributed by atoms with Gasteiger partial charge < -0.3 is 5.11 Å². The summed E-state index contributed by atoms with van der Waals surface area (Å²) in [4.78, 5) is 0. The van der Waals surface area contributed by atoms with Gasteiger partial charge in [0.15, 0.2) is 0 Å². The summed E-state index contributed by atoms with van der Waals surface area (Å²) in [5, 5.41) is 14.2. The predicted octanol–water partition coefficient (Wildman–Crippen LogP) is 3.70. The summed E-state index contributed by atoms with van der Waals surface area (Å²) in [6.45, 7) is 0. The fourth-order valence-electron chi connectivity index (χ4n) is 2.03. The molecule has 0 spiro atoms. The summed E-state index contributed by atoms with van der Waals surface area (Å²) < 4.78 is 0. The van der Waals surface area contributed by atoms with Gasteiger partial charge in [-0.15, -0.1) is 0 Å². The molecule has 0 atom stereocenters. The van der Waals surface area contributed by atoms with E-state index in [-0.39, 0.29) is 32.7 Å². The molecule has 0 fully saturated rings. The van der Waals surface area contributed by atoms with E-state index >= 15 is 0 Å². The van der Waals surface area contributed by atoms with E-state index < -0.39 is 0 Å². The van der Waals surface area contributed by atoms with Crippen LogP contribution in [0.25, 0.3) is 21.5 Å². The number of phenolic OH excluding ortho intramolecular Hbond substituents is 1. The minimum absolute atomic E-state index is 0. The number of rotatable bonds is 0. The van der Waals surface area contributed by atoms with Gasteiger partial charge in [0, 0.05) is 38.1 Å². The van der Waals surface area contributed by atoms with Crippen molar-refractivity contribution in [2.45, 2.75) is 0 Å². The molecular weight excluding hydrogens is 273 g/mol. The monoisotopic (exact) mass is 283 g/mol. The van der Waals surface area contributed by atoms with Gasteiger partial charge in [-0.3, -0.25) is 0 Å². The van der Waals surface area contributed by atoms with Crippen LogP contribution in [-0.2, 0) is 32.7 Å². The zero-order chi connectivity index (χ0) is 10.3. The Kier molecular flexibility index (Phi) is 3.27. The van der Waals surface area contributed by atoms with Crippen molar-refractivity contribution in [2.24, 2.45) is 0 Å². The third-order valence-electron chi connectivity index (χ3n) is 2.75. The van der Waals surface area contributed by atoms with Gasteiger partial charge in [-0.2, -0.15) is 0 Å². The van der Waals surface area contributed by atoms with Crippen LogP contribution < -0.4 is 0 Å². The first kappa shape index (κ1) is 11.6. The molecule has 3 aromatic rings. The van der Waals surface area contributed by atoms with Crippen molar-refractivity contribution in [3.05, 3.63) is 54.6 Å². The van der Waals surface area contributed by atoms with Gasteiger partial charge in [0.1, 0.15) is 5.75 Å². The number of fused-ring (bicyclic) bond motifs is 3. The van der Waals surface area contributed by atoms with Crippen molar-refractivity contribution in [3.63, 3.8) is 0 Å². The van der Waals surface area contributed by atoms with E-state index in [2.05, 4.69) is 6.07 Å². The van der Waals surface area contributed by atoms with E-state index in [1.165, 1.54) is 5.39 Å². The van der Waals surface area contributed by atoms with Crippen LogP contribution in [0.4, 0.5) is 0 Å². The van der Waals surface area contributed by atoms with Crippen molar-refractivity contribution in [1.82, 2.24) is 0 Å². The van der Waals surface area contributed by atoms with Gasteiger partial charge in [0.05, 0.1) is 0 Å². The Hall–Kier alpha value is -0.916. The molecule has 3 rings (SSSR count). The van der Waals surface area contributed by atoms with Gasteiger partial charge in [-0.1, -0.05) is 48.5 Å². The molecule has 0 bridgehead atoms. The van der Waals surface area contributed by atoms with Crippen LogP contribution in [0, 0.1) is 0 Å². The second-order valence-corrected chi connectivity index (χ2v) is 3.66. The normalized spacial score (nSPS) is 10.2. The average molecular weight is 283 g/mol. The summed E-state index contributed by atoms with van der Waals surface area (Å²) in [6.07, 6.45) is 0. The molecule has 1 radical (unpaired) electrons. The summed E-state index contributed by atoms with van der Waals surface area (Å²) in [5.74, 6) is 0.351. The van der Waals surface area contributed by atoms with Crippen molar-refractivity contribution < 1.29 is 37.8 Å². The zero-order valence-corrected chi connectivity index (χ0v) is 11.6. The third-order valence-corrected chi connectivity index (χ3v) is 2.75. The Labute approximate surface area is 119 Å². The van der Waals surface area contributed by atoms with Crippen molar-refractivity contribution in [3.8, 4) is 5.75 Å². The van der Waals surface area contributed by atoms with Crippen molar-refractivity contribution in [1.29, 1.82) is 0 Å². The van der Waals surface area contributed by atoms with Crippen LogP contribution in [0.5, 0.6) is 5.75 Å². The summed E-state index contributed by atoms with van der Waals surface area (Å²) in [7, 11) is 0. The zero-order valence-electron chi connectivity index (χ0n) is 8.72. The van der Waals surface area contributed by atoms with Gasteiger partial charge in [0.2, 0.25) is 0 Å². The summed E-state index contributed by atoms with van der Waals surface area (Å²) >= 11 is 0. The number of phenols is 1. The first-order valence-electron chi connectivity index (χ1n) is 4.96. The second kappa shape index (κ2) is 4.52. The van der Waals surface area contributed by atoms with Crippen molar-refractivity contribution >= 4 is 21.5 Å². The van der Waals surface area contributed by atoms with Crippen molar-refractivity contribution in [2.75, 3.05) is 0 Å². The Morgan fingerprint density at radius 1 is 0.688 bits per heavy atom. The van der Waals surface area contributed by atoms with Crippen LogP contribution in [0.2, 0.25) is 0 Å². The first-order valence-corrected chi connectivity index (χ1v) is 4.96. The number of hydrogen-bond donors (Lipinski definition) is 1. The number of hydrogen-bond acceptors (Lipinski definition) is 1. The van der Waals surface area contributed by atoms with Gasteiger partial charge >= 0.3 is 0 Å². The average Bonchev–Trinajstić information content (AvgIpc) is 2.30. The van der Waals surface area contributed by atoms with E-state index in [0.717, 1.165) is 16.2 Å². The number of benzene rings is 3. The molecule has 0 saturated heterocycles. The molecule has 1 N–H and O–H groups in total. The molecular formula is C14H10OY. The summed E-state index contributed by atoms with van der Waals surface area (Å²) in [5.41, 5.74) is 0. The quantitative estimate of drug-likeness (QED) is 0.624. The molecule has 2 heteroatoms. The molecule has 0 unspecified atom stereocenters. The second-order valence-electron chi connectivity index (χ2n) is 3.66. The maximum Gasteiger partial charge on any atom is 0.124 e. The number of aromatic hydroxyl groups is 1. The van der Waals surface area contributed by atoms with Gasteiger partial charge in [-0.05, 0) is 22.2 Å². The minimum atomic E-state index is 0. The van der Waals surface area contributed by atoms with Crippen LogP contribution in [-0.4, -0.2) is 5.11 Å². The topological polar surface area (TPSA) is 20.2 Å². The van der Waals surface area contributed by atoms with E-state index in [0.29, 0.717) is 5.75 Å². The molecule has 0 saturated carbocycles. The molecule has 0 aliphatic rings. The van der Waals surface area contributed by atoms with Gasteiger partial charge in [-0.25, -0.2) is 0 Å². The Bertz CT molecular complexity index is 646. The van der Waals surface area contributed by atoms with E-state index in [1.807, 2.05) is 48.5 Å². The molecule has 0 heterocycles. The third kappa shape index (κ3) is 1.75. The Morgan fingerprint density at radius 3 is 2.00 bits per heavy atom. The maximum atomic E-state index is 9.87. The molecule has 0 amide bonds. The minimum Gasteiger partial charge on any atom is -0.507 e. The molecule has 16 heavy (non-hydrogen) atoms. The smallest absolute Gasteiger partial charge is 0.124 e. The fraction of sp³-hybridized carbons (Fsp3) is 0. The SMILES string of the molecule is Oc1cc2ccccc2c2ccccc12.[Y]. The molecule has 0 aliphatic carbocycles. The van der Waals surface area contributed by atoms with E-state index in [4.69, 9.17) is 0 Å². The molecule has 3 aromatic carbocycles. The van der Waals surface area contributed by atoms with E-state index in [1.54, 1.807) is 0 Å². The van der Waals surface area contributed by atoms with Crippen LogP contribution in [0.15, 0.2) is 54.6 Å². The van der Waals surface area contributed by atoms with Crippen LogP contribution in [0.3, 0.4) is 0 Å². The Balaban J connectivity index is 0.000000963. The van der Waals surface area contributed by atoms with Crippen LogP contribution >= 0.6 is 0 Å².